The Labute approximate surface area is 60.4 Å². The first-order valence-corrected chi connectivity index (χ1v) is 3.16. The first-order valence-electron chi connectivity index (χ1n) is 3.16. The highest BCUT2D eigenvalue weighted by molar-refractivity contribution is 5.72. The molecule has 0 aliphatic carbocycles. The molecule has 0 atom stereocenters. The van der Waals surface area contributed by atoms with Gasteiger partial charge in [-0.05, 0) is 12.8 Å². The molecule has 0 heterocycles. The molecule has 2 amide bonds. The summed E-state index contributed by atoms with van der Waals surface area (Å²) in [5.74, 6) is 4.80. The van der Waals surface area contributed by atoms with Gasteiger partial charge in [-0.1, -0.05) is 6.08 Å². The normalized spacial score (nSPS) is 8.50. The zero-order valence-electron chi connectivity index (χ0n) is 5.89. The summed E-state index contributed by atoms with van der Waals surface area (Å²) in [6, 6.07) is -0.343. The lowest BCUT2D eigenvalue weighted by atomic mass is 10.3. The molecule has 0 aromatic heterocycles. The third-order valence-corrected chi connectivity index (χ3v) is 1.00. The number of hydrazine groups is 1. The lowest BCUT2D eigenvalue weighted by molar-refractivity contribution is 0.241. The largest absolute Gasteiger partial charge is 0.337 e. The highest BCUT2D eigenvalue weighted by Gasteiger charge is 1.91. The minimum absolute atomic E-state index is 0.343. The highest BCUT2D eigenvalue weighted by Crippen LogP contribution is 1.85. The van der Waals surface area contributed by atoms with E-state index in [1.54, 1.807) is 0 Å². The zero-order valence-corrected chi connectivity index (χ0v) is 5.89. The van der Waals surface area contributed by atoms with E-state index in [4.69, 9.17) is 5.84 Å². The summed E-state index contributed by atoms with van der Waals surface area (Å²) >= 11 is 0. The monoisotopic (exact) mass is 143 g/mol. The van der Waals surface area contributed by atoms with Crippen LogP contribution in [0.25, 0.3) is 0 Å². The molecule has 0 aliphatic heterocycles. The van der Waals surface area contributed by atoms with Crippen LogP contribution in [0.3, 0.4) is 0 Å². The summed E-state index contributed by atoms with van der Waals surface area (Å²) in [6.07, 6.45) is 3.61. The van der Waals surface area contributed by atoms with Gasteiger partial charge in [-0.25, -0.2) is 10.6 Å². The first-order chi connectivity index (χ1) is 4.81. The Morgan fingerprint density at radius 2 is 2.40 bits per heavy atom. The summed E-state index contributed by atoms with van der Waals surface area (Å²) in [6.45, 7) is 4.18. The van der Waals surface area contributed by atoms with Crippen molar-refractivity contribution < 1.29 is 4.79 Å². The van der Waals surface area contributed by atoms with Gasteiger partial charge in [0.1, 0.15) is 0 Å². The molecule has 0 unspecified atom stereocenters. The fraction of sp³-hybridized carbons (Fsp3) is 0.500. The minimum Gasteiger partial charge on any atom is -0.337 e. The topological polar surface area (TPSA) is 67.2 Å². The van der Waals surface area contributed by atoms with Crippen LogP contribution in [0.5, 0.6) is 0 Å². The van der Waals surface area contributed by atoms with Gasteiger partial charge in [-0.15, -0.1) is 6.58 Å². The lowest BCUT2D eigenvalue weighted by Crippen LogP contribution is -2.40. The molecule has 0 saturated carbocycles. The van der Waals surface area contributed by atoms with E-state index in [0.29, 0.717) is 6.54 Å². The Hall–Kier alpha value is -1.03. The molecule has 10 heavy (non-hydrogen) atoms. The summed E-state index contributed by atoms with van der Waals surface area (Å²) in [5.41, 5.74) is 1.97. The molecule has 4 heteroatoms. The maximum Gasteiger partial charge on any atom is 0.328 e. The molecule has 0 bridgehead atoms. The van der Waals surface area contributed by atoms with Gasteiger partial charge in [0.2, 0.25) is 0 Å². The summed E-state index contributed by atoms with van der Waals surface area (Å²) in [5, 5.41) is 2.54. The average Bonchev–Trinajstić information content (AvgIpc) is 1.98. The Balaban J connectivity index is 3.03. The third kappa shape index (κ3) is 5.11. The summed E-state index contributed by atoms with van der Waals surface area (Å²) in [4.78, 5) is 10.4. The number of carbonyl (C=O) groups is 1. The van der Waals surface area contributed by atoms with Gasteiger partial charge in [0.25, 0.3) is 0 Å². The molecule has 0 radical (unpaired) electrons. The van der Waals surface area contributed by atoms with Crippen LogP contribution in [0, 0.1) is 0 Å². The van der Waals surface area contributed by atoms with Crippen LogP contribution in [0.15, 0.2) is 12.7 Å². The molecule has 58 valence electrons. The molecule has 0 aliphatic rings. The second kappa shape index (κ2) is 6.10. The Kier molecular flexibility index (Phi) is 5.47. The van der Waals surface area contributed by atoms with Gasteiger partial charge in [-0.3, -0.25) is 5.43 Å². The van der Waals surface area contributed by atoms with E-state index in [1.807, 2.05) is 11.5 Å². The molecule has 0 saturated heterocycles. The molecular formula is C6H13N3O. The number of unbranched alkanes of at least 4 members (excludes halogenated alkanes) is 1. The predicted molar refractivity (Wildman–Crippen MR) is 40.2 cm³/mol. The smallest absolute Gasteiger partial charge is 0.328 e. The quantitative estimate of drug-likeness (QED) is 0.172. The zero-order chi connectivity index (χ0) is 7.82. The van der Waals surface area contributed by atoms with Gasteiger partial charge in [0.05, 0.1) is 0 Å². The van der Waals surface area contributed by atoms with Crippen molar-refractivity contribution in [1.29, 1.82) is 0 Å². The molecule has 4 N–H and O–H groups in total. The number of urea groups is 1. The average molecular weight is 143 g/mol. The summed E-state index contributed by atoms with van der Waals surface area (Å²) in [7, 11) is 0. The van der Waals surface area contributed by atoms with Gasteiger partial charge >= 0.3 is 6.03 Å². The number of nitrogens with one attached hydrogen (secondary N) is 2. The Morgan fingerprint density at radius 3 is 2.90 bits per heavy atom. The van der Waals surface area contributed by atoms with Crippen LogP contribution < -0.4 is 16.6 Å². The van der Waals surface area contributed by atoms with Crippen molar-refractivity contribution in [3.8, 4) is 0 Å². The van der Waals surface area contributed by atoms with E-state index in [9.17, 15) is 4.79 Å². The number of carbonyl (C=O) groups excluding carboxylic acids is 1. The van der Waals surface area contributed by atoms with Crippen molar-refractivity contribution in [1.82, 2.24) is 10.7 Å². The first kappa shape index (κ1) is 8.97. The van der Waals surface area contributed by atoms with Crippen molar-refractivity contribution in [2.75, 3.05) is 6.54 Å². The SMILES string of the molecule is C=CCCCNC(=O)NN. The molecular weight excluding hydrogens is 130 g/mol. The van der Waals surface area contributed by atoms with E-state index in [-0.39, 0.29) is 6.03 Å². The Bertz CT molecular complexity index is 114. The standard InChI is InChI=1S/C6H13N3O/c1-2-3-4-5-8-6(10)9-7/h2H,1,3-5,7H2,(H2,8,9,10). The van der Waals surface area contributed by atoms with Crippen molar-refractivity contribution in [3.05, 3.63) is 12.7 Å². The van der Waals surface area contributed by atoms with Gasteiger partial charge < -0.3 is 5.32 Å². The number of hydrogen-bond acceptors (Lipinski definition) is 2. The second-order valence-electron chi connectivity index (χ2n) is 1.83. The predicted octanol–water partition coefficient (Wildman–Crippen LogP) is 0.126. The highest BCUT2D eigenvalue weighted by atomic mass is 16.2. The molecule has 4 nitrogen and oxygen atoms in total. The van der Waals surface area contributed by atoms with Crippen LogP contribution in [0.2, 0.25) is 0 Å². The van der Waals surface area contributed by atoms with Gasteiger partial charge in [0.15, 0.2) is 0 Å². The number of allylic oxidation sites excluding steroid dienone is 1. The van der Waals surface area contributed by atoms with Crippen molar-refractivity contribution in [2.45, 2.75) is 12.8 Å². The van der Waals surface area contributed by atoms with Crippen LogP contribution in [-0.2, 0) is 0 Å². The van der Waals surface area contributed by atoms with Crippen LogP contribution in [0.1, 0.15) is 12.8 Å². The fourth-order valence-corrected chi connectivity index (χ4v) is 0.499. The number of amides is 2. The van der Waals surface area contributed by atoms with Gasteiger partial charge in [-0.2, -0.15) is 0 Å². The lowest BCUT2D eigenvalue weighted by Gasteiger charge is -2.00. The fourth-order valence-electron chi connectivity index (χ4n) is 0.499. The van der Waals surface area contributed by atoms with Crippen molar-refractivity contribution >= 4 is 6.03 Å². The number of rotatable bonds is 4. The summed E-state index contributed by atoms with van der Waals surface area (Å²) < 4.78 is 0. The van der Waals surface area contributed by atoms with Crippen molar-refractivity contribution in [3.63, 3.8) is 0 Å². The molecule has 0 aromatic carbocycles. The van der Waals surface area contributed by atoms with E-state index >= 15 is 0 Å². The Morgan fingerprint density at radius 1 is 1.70 bits per heavy atom. The molecule has 0 spiro atoms. The molecule has 0 rings (SSSR count). The van der Waals surface area contributed by atoms with Crippen molar-refractivity contribution in [2.24, 2.45) is 5.84 Å². The number of nitrogens with two attached hydrogens (primary N) is 1. The second-order valence-corrected chi connectivity index (χ2v) is 1.83. The van der Waals surface area contributed by atoms with E-state index in [2.05, 4.69) is 11.9 Å². The molecule has 0 fully saturated rings. The maximum atomic E-state index is 10.4. The molecule has 0 aromatic rings. The number of hydrogen-bond donors (Lipinski definition) is 3. The minimum atomic E-state index is -0.343. The van der Waals surface area contributed by atoms with E-state index in [0.717, 1.165) is 12.8 Å². The van der Waals surface area contributed by atoms with Crippen LogP contribution in [0.4, 0.5) is 4.79 Å². The maximum absolute atomic E-state index is 10.4. The third-order valence-electron chi connectivity index (χ3n) is 1.00. The van der Waals surface area contributed by atoms with Crippen LogP contribution in [-0.4, -0.2) is 12.6 Å². The van der Waals surface area contributed by atoms with E-state index in [1.165, 1.54) is 0 Å². The van der Waals surface area contributed by atoms with Crippen LogP contribution >= 0.6 is 0 Å². The van der Waals surface area contributed by atoms with Gasteiger partial charge in [0, 0.05) is 6.54 Å². The van der Waals surface area contributed by atoms with E-state index < -0.39 is 0 Å².